The molecule has 1 fully saturated rings. The molecule has 118 valence electrons. The van der Waals surface area contributed by atoms with Crippen molar-refractivity contribution >= 4 is 5.69 Å². The first kappa shape index (κ1) is 16.1. The maximum absolute atomic E-state index is 14.0. The smallest absolute Gasteiger partial charge is 0.369 e. The number of hydrogen-bond acceptors (Lipinski definition) is 2. The van der Waals surface area contributed by atoms with Crippen LogP contribution in [0.4, 0.5) is 23.2 Å². The van der Waals surface area contributed by atoms with Crippen molar-refractivity contribution in [2.24, 2.45) is 11.8 Å². The fraction of sp³-hybridized carbons (Fsp3) is 0.600. The molecule has 0 spiro atoms. The largest absolute Gasteiger partial charge is 0.416 e. The van der Waals surface area contributed by atoms with Crippen molar-refractivity contribution in [2.75, 3.05) is 31.1 Å². The van der Waals surface area contributed by atoms with Crippen LogP contribution in [-0.4, -0.2) is 26.2 Å². The number of halogens is 4. The van der Waals surface area contributed by atoms with Crippen LogP contribution in [0.1, 0.15) is 19.4 Å². The molecule has 2 nitrogen and oxygen atoms in total. The van der Waals surface area contributed by atoms with Gasteiger partial charge in [-0.15, -0.1) is 0 Å². The van der Waals surface area contributed by atoms with Gasteiger partial charge in [0.2, 0.25) is 0 Å². The van der Waals surface area contributed by atoms with Crippen molar-refractivity contribution in [2.45, 2.75) is 20.0 Å². The van der Waals surface area contributed by atoms with Crippen LogP contribution < -0.4 is 10.2 Å². The minimum atomic E-state index is -4.45. The Kier molecular flexibility index (Phi) is 4.76. The van der Waals surface area contributed by atoms with Crippen LogP contribution >= 0.6 is 0 Å². The van der Waals surface area contributed by atoms with Crippen molar-refractivity contribution in [3.05, 3.63) is 29.6 Å². The maximum atomic E-state index is 14.0. The maximum Gasteiger partial charge on any atom is 0.416 e. The van der Waals surface area contributed by atoms with Crippen LogP contribution in [-0.2, 0) is 6.18 Å². The van der Waals surface area contributed by atoms with E-state index in [1.165, 1.54) is 0 Å². The van der Waals surface area contributed by atoms with Gasteiger partial charge in [-0.1, -0.05) is 13.8 Å². The summed E-state index contributed by atoms with van der Waals surface area (Å²) in [4.78, 5) is 1.74. The highest BCUT2D eigenvalue weighted by atomic mass is 19.4. The molecule has 1 heterocycles. The Balaban J connectivity index is 2.33. The lowest BCUT2D eigenvalue weighted by Gasteiger charge is -2.34. The van der Waals surface area contributed by atoms with E-state index in [0.29, 0.717) is 13.1 Å². The summed E-state index contributed by atoms with van der Waals surface area (Å²) in [5, 5.41) is 3.31. The van der Waals surface area contributed by atoms with E-state index in [9.17, 15) is 17.6 Å². The van der Waals surface area contributed by atoms with Gasteiger partial charge in [-0.3, -0.25) is 0 Å². The first-order valence-corrected chi connectivity index (χ1v) is 7.09. The molecule has 1 aliphatic rings. The lowest BCUT2D eigenvalue weighted by molar-refractivity contribution is -0.137. The van der Waals surface area contributed by atoms with Crippen LogP contribution in [0.5, 0.6) is 0 Å². The second-order valence-corrected chi connectivity index (χ2v) is 5.94. The quantitative estimate of drug-likeness (QED) is 0.799. The number of rotatable bonds is 1. The van der Waals surface area contributed by atoms with Crippen LogP contribution in [0.2, 0.25) is 0 Å². The van der Waals surface area contributed by atoms with E-state index >= 15 is 0 Å². The van der Waals surface area contributed by atoms with E-state index in [1.54, 1.807) is 4.90 Å². The predicted molar refractivity (Wildman–Crippen MR) is 74.8 cm³/mol. The highest BCUT2D eigenvalue weighted by molar-refractivity contribution is 5.51. The molecular weight excluding hydrogens is 284 g/mol. The van der Waals surface area contributed by atoms with E-state index in [2.05, 4.69) is 5.32 Å². The van der Waals surface area contributed by atoms with Gasteiger partial charge in [0, 0.05) is 13.1 Å². The Morgan fingerprint density at radius 3 is 2.19 bits per heavy atom. The molecule has 6 heteroatoms. The molecule has 1 saturated heterocycles. The van der Waals surface area contributed by atoms with Gasteiger partial charge in [0.1, 0.15) is 5.82 Å². The molecule has 2 atom stereocenters. The van der Waals surface area contributed by atoms with Crippen molar-refractivity contribution in [3.8, 4) is 0 Å². The second-order valence-electron chi connectivity index (χ2n) is 5.94. The summed E-state index contributed by atoms with van der Waals surface area (Å²) in [5.41, 5.74) is -0.759. The van der Waals surface area contributed by atoms with E-state index < -0.39 is 17.6 Å². The third kappa shape index (κ3) is 4.09. The number of alkyl halides is 3. The van der Waals surface area contributed by atoms with Gasteiger partial charge in [-0.25, -0.2) is 4.39 Å². The van der Waals surface area contributed by atoms with Gasteiger partial charge in [0.05, 0.1) is 11.3 Å². The molecule has 0 bridgehead atoms. The number of nitrogens with zero attached hydrogens (tertiary/aromatic N) is 1. The molecular formula is C15H20F4N2. The standard InChI is InChI=1S/C15H20F4N2/c1-10-6-20-7-11(2)9-21(8-10)14-5-12(15(17,18)19)3-4-13(14)16/h3-5,10-11,20H,6-9H2,1-2H3. The molecule has 21 heavy (non-hydrogen) atoms. The molecule has 2 unspecified atom stereocenters. The Bertz CT molecular complexity index is 475. The fourth-order valence-electron chi connectivity index (χ4n) is 2.66. The summed E-state index contributed by atoms with van der Waals surface area (Å²) in [6.07, 6.45) is -4.45. The predicted octanol–water partition coefficient (Wildman–Crippen LogP) is 3.53. The topological polar surface area (TPSA) is 15.3 Å². The Hall–Kier alpha value is -1.30. The highest BCUT2D eigenvalue weighted by Crippen LogP contribution is 2.33. The van der Waals surface area contributed by atoms with Gasteiger partial charge in [-0.2, -0.15) is 13.2 Å². The average molecular weight is 304 g/mol. The Labute approximate surface area is 122 Å². The summed E-state index contributed by atoms with van der Waals surface area (Å²) in [5.74, 6) is -0.117. The lowest BCUT2D eigenvalue weighted by Crippen LogP contribution is -2.43. The molecule has 0 aromatic heterocycles. The third-order valence-corrected chi connectivity index (χ3v) is 3.66. The van der Waals surface area contributed by atoms with Crippen LogP contribution in [0.25, 0.3) is 0 Å². The summed E-state index contributed by atoms with van der Waals surface area (Å²) >= 11 is 0. The van der Waals surface area contributed by atoms with Gasteiger partial charge < -0.3 is 10.2 Å². The summed E-state index contributed by atoms with van der Waals surface area (Å²) in [7, 11) is 0. The SMILES string of the molecule is CC1CNCC(C)CN(c2cc(C(F)(F)F)ccc2F)C1. The molecule has 1 N–H and O–H groups in total. The molecule has 1 aromatic rings. The van der Waals surface area contributed by atoms with Crippen LogP contribution in [0, 0.1) is 17.7 Å². The van der Waals surface area contributed by atoms with Crippen LogP contribution in [0.3, 0.4) is 0 Å². The number of nitrogens with one attached hydrogen (secondary N) is 1. The zero-order valence-corrected chi connectivity index (χ0v) is 12.2. The van der Waals surface area contributed by atoms with Gasteiger partial charge in [-0.05, 0) is 43.1 Å². The molecule has 1 aromatic carbocycles. The number of anilines is 1. The molecule has 2 rings (SSSR count). The number of hydrogen-bond donors (Lipinski definition) is 1. The fourth-order valence-corrected chi connectivity index (χ4v) is 2.66. The van der Waals surface area contributed by atoms with Crippen molar-refractivity contribution < 1.29 is 17.6 Å². The summed E-state index contributed by atoms with van der Waals surface area (Å²) in [6.45, 7) is 6.64. The normalized spacial score (nSPS) is 24.6. The third-order valence-electron chi connectivity index (χ3n) is 3.66. The Morgan fingerprint density at radius 2 is 1.67 bits per heavy atom. The first-order valence-electron chi connectivity index (χ1n) is 7.09. The van der Waals surface area contributed by atoms with Crippen LogP contribution in [0.15, 0.2) is 18.2 Å². The molecule has 0 radical (unpaired) electrons. The lowest BCUT2D eigenvalue weighted by atomic mass is 10.0. The van der Waals surface area contributed by atoms with Crippen molar-refractivity contribution in [1.29, 1.82) is 0 Å². The molecule has 0 saturated carbocycles. The van der Waals surface area contributed by atoms with Gasteiger partial charge >= 0.3 is 6.18 Å². The van der Waals surface area contributed by atoms with E-state index in [1.807, 2.05) is 13.8 Å². The molecule has 0 aliphatic carbocycles. The van der Waals surface area contributed by atoms with E-state index in [0.717, 1.165) is 31.3 Å². The van der Waals surface area contributed by atoms with Crippen molar-refractivity contribution in [1.82, 2.24) is 5.32 Å². The van der Waals surface area contributed by atoms with E-state index in [4.69, 9.17) is 0 Å². The summed E-state index contributed by atoms with van der Waals surface area (Å²) < 4.78 is 52.4. The van der Waals surface area contributed by atoms with E-state index in [-0.39, 0.29) is 17.5 Å². The highest BCUT2D eigenvalue weighted by Gasteiger charge is 2.32. The average Bonchev–Trinajstić information content (AvgIpc) is 2.35. The van der Waals surface area contributed by atoms with Gasteiger partial charge in [0.15, 0.2) is 0 Å². The zero-order chi connectivity index (χ0) is 15.6. The summed E-state index contributed by atoms with van der Waals surface area (Å²) in [6, 6.07) is 2.62. The molecule has 0 amide bonds. The van der Waals surface area contributed by atoms with Crippen molar-refractivity contribution in [3.63, 3.8) is 0 Å². The molecule has 1 aliphatic heterocycles. The minimum Gasteiger partial charge on any atom is -0.369 e. The first-order chi connectivity index (χ1) is 9.77. The Morgan fingerprint density at radius 1 is 1.10 bits per heavy atom. The second kappa shape index (κ2) is 6.22. The monoisotopic (exact) mass is 304 g/mol. The zero-order valence-electron chi connectivity index (χ0n) is 12.2. The van der Waals surface area contributed by atoms with Gasteiger partial charge in [0.25, 0.3) is 0 Å². The minimum absolute atomic E-state index is 0.0467. The number of benzene rings is 1.